The van der Waals surface area contributed by atoms with Crippen LogP contribution in [0, 0.1) is 0 Å². The van der Waals surface area contributed by atoms with Crippen molar-refractivity contribution in [3.05, 3.63) is 30.3 Å². The van der Waals surface area contributed by atoms with Gasteiger partial charge in [-0.15, -0.1) is 0 Å². The molecular weight excluding hydrogens is 230 g/mol. The van der Waals surface area contributed by atoms with Crippen LogP contribution in [-0.2, 0) is 0 Å². The van der Waals surface area contributed by atoms with Crippen molar-refractivity contribution in [2.24, 2.45) is 10.2 Å². The highest BCUT2D eigenvalue weighted by Crippen LogP contribution is 2.23. The van der Waals surface area contributed by atoms with Crippen molar-refractivity contribution in [1.82, 2.24) is 5.32 Å². The Hall–Kier alpha value is -1.27. The van der Waals surface area contributed by atoms with Crippen LogP contribution >= 0.6 is 24.0 Å². The van der Waals surface area contributed by atoms with Gasteiger partial charge in [-0.3, -0.25) is 4.79 Å². The monoisotopic (exact) mass is 237 g/mol. The SMILES string of the molecule is O=C1NC(=S)[C@H](N=Nc2ccccc2)S1. The zero-order valence-corrected chi connectivity index (χ0v) is 9.22. The Balaban J connectivity index is 2.06. The minimum Gasteiger partial charge on any atom is -0.308 e. The lowest BCUT2D eigenvalue weighted by molar-refractivity contribution is 0.265. The Kier molecular flexibility index (Phi) is 3.08. The van der Waals surface area contributed by atoms with Crippen LogP contribution in [0.4, 0.5) is 10.5 Å². The smallest absolute Gasteiger partial charge is 0.286 e. The summed E-state index contributed by atoms with van der Waals surface area (Å²) in [5, 5.41) is 9.94. The second-order valence-corrected chi connectivity index (χ2v) is 4.29. The van der Waals surface area contributed by atoms with Crippen LogP contribution in [0.15, 0.2) is 40.6 Å². The van der Waals surface area contributed by atoms with E-state index in [2.05, 4.69) is 15.5 Å². The molecular formula is C9H7N3OS2. The number of carbonyl (C=O) groups is 1. The maximum Gasteiger partial charge on any atom is 0.286 e. The molecule has 0 aliphatic carbocycles. The molecule has 6 heteroatoms. The lowest BCUT2D eigenvalue weighted by atomic mass is 10.3. The van der Waals surface area contributed by atoms with Crippen LogP contribution in [0.2, 0.25) is 0 Å². The molecule has 0 unspecified atom stereocenters. The van der Waals surface area contributed by atoms with E-state index in [4.69, 9.17) is 12.2 Å². The van der Waals surface area contributed by atoms with E-state index in [1.54, 1.807) is 0 Å². The molecule has 1 fully saturated rings. The van der Waals surface area contributed by atoms with Crippen molar-refractivity contribution in [2.75, 3.05) is 0 Å². The number of benzene rings is 1. The molecule has 0 saturated carbocycles. The van der Waals surface area contributed by atoms with Crippen molar-refractivity contribution in [2.45, 2.75) is 5.37 Å². The molecule has 1 aromatic carbocycles. The molecule has 15 heavy (non-hydrogen) atoms. The summed E-state index contributed by atoms with van der Waals surface area (Å²) >= 11 is 5.97. The Morgan fingerprint density at radius 3 is 2.67 bits per heavy atom. The minimum absolute atomic E-state index is 0.169. The highest BCUT2D eigenvalue weighted by molar-refractivity contribution is 8.16. The zero-order valence-electron chi connectivity index (χ0n) is 7.58. The number of carbonyl (C=O) groups excluding carboxylic acids is 1. The molecule has 4 nitrogen and oxygen atoms in total. The molecule has 0 aromatic heterocycles. The summed E-state index contributed by atoms with van der Waals surface area (Å²) < 4.78 is 0. The number of nitrogens with zero attached hydrogens (tertiary/aromatic N) is 2. The third-order valence-electron chi connectivity index (χ3n) is 1.70. The van der Waals surface area contributed by atoms with Crippen LogP contribution in [-0.4, -0.2) is 15.6 Å². The quantitative estimate of drug-likeness (QED) is 0.635. The zero-order chi connectivity index (χ0) is 10.7. The number of rotatable bonds is 2. The first-order valence-corrected chi connectivity index (χ1v) is 5.52. The van der Waals surface area contributed by atoms with E-state index < -0.39 is 0 Å². The number of amides is 1. The van der Waals surface area contributed by atoms with Gasteiger partial charge in [-0.2, -0.15) is 10.2 Å². The van der Waals surface area contributed by atoms with E-state index in [-0.39, 0.29) is 10.6 Å². The maximum atomic E-state index is 10.9. The van der Waals surface area contributed by atoms with Gasteiger partial charge in [-0.1, -0.05) is 30.4 Å². The predicted molar refractivity (Wildman–Crippen MR) is 63.5 cm³/mol. The second kappa shape index (κ2) is 4.50. The maximum absolute atomic E-state index is 10.9. The van der Waals surface area contributed by atoms with Gasteiger partial charge in [-0.25, -0.2) is 0 Å². The number of hydrogen-bond donors (Lipinski definition) is 1. The first kappa shape index (κ1) is 10.3. The van der Waals surface area contributed by atoms with Gasteiger partial charge in [0.2, 0.25) is 0 Å². The molecule has 1 aliphatic heterocycles. The fraction of sp³-hybridized carbons (Fsp3) is 0.111. The first-order valence-electron chi connectivity index (χ1n) is 4.23. The molecule has 1 amide bonds. The van der Waals surface area contributed by atoms with Gasteiger partial charge < -0.3 is 5.32 Å². The third kappa shape index (κ3) is 2.60. The second-order valence-electron chi connectivity index (χ2n) is 2.80. The van der Waals surface area contributed by atoms with E-state index >= 15 is 0 Å². The van der Waals surface area contributed by atoms with Crippen molar-refractivity contribution < 1.29 is 4.79 Å². The highest BCUT2D eigenvalue weighted by atomic mass is 32.2. The third-order valence-corrected chi connectivity index (χ3v) is 3.05. The Morgan fingerprint density at radius 1 is 1.33 bits per heavy atom. The van der Waals surface area contributed by atoms with Gasteiger partial charge in [0.1, 0.15) is 4.99 Å². The predicted octanol–water partition coefficient (Wildman–Crippen LogP) is 2.88. The Morgan fingerprint density at radius 2 is 2.07 bits per heavy atom. The van der Waals surface area contributed by atoms with E-state index in [0.717, 1.165) is 17.4 Å². The van der Waals surface area contributed by atoms with Crippen LogP contribution in [0.1, 0.15) is 0 Å². The van der Waals surface area contributed by atoms with Crippen molar-refractivity contribution >= 4 is 39.9 Å². The minimum atomic E-state index is -0.382. The van der Waals surface area contributed by atoms with Gasteiger partial charge in [0.15, 0.2) is 5.37 Å². The van der Waals surface area contributed by atoms with Crippen molar-refractivity contribution in [1.29, 1.82) is 0 Å². The highest BCUT2D eigenvalue weighted by Gasteiger charge is 2.27. The molecule has 76 valence electrons. The van der Waals surface area contributed by atoms with Gasteiger partial charge >= 0.3 is 0 Å². The van der Waals surface area contributed by atoms with Gasteiger partial charge in [0.05, 0.1) is 5.69 Å². The molecule has 1 aliphatic rings. The lowest BCUT2D eigenvalue weighted by Gasteiger charge is -1.97. The topological polar surface area (TPSA) is 53.8 Å². The molecule has 0 bridgehead atoms. The standard InChI is InChI=1S/C9H7N3OS2/c13-9-10-7(14)8(15-9)12-11-6-4-2-1-3-5-6/h1-5,8H,(H,10,13,14)/t8-/m1/s1. The fourth-order valence-corrected chi connectivity index (χ4v) is 2.02. The summed E-state index contributed by atoms with van der Waals surface area (Å²) in [4.78, 5) is 11.4. The molecule has 1 N–H and O–H groups in total. The summed E-state index contributed by atoms with van der Waals surface area (Å²) in [6, 6.07) is 9.32. The average Bonchev–Trinajstić information content (AvgIpc) is 2.56. The summed E-state index contributed by atoms with van der Waals surface area (Å²) in [5.41, 5.74) is 0.750. The van der Waals surface area contributed by atoms with E-state index in [0.29, 0.717) is 4.99 Å². The fourth-order valence-electron chi connectivity index (χ4n) is 1.04. The number of hydrogen-bond acceptors (Lipinski definition) is 5. The van der Waals surface area contributed by atoms with Crippen LogP contribution in [0.5, 0.6) is 0 Å². The van der Waals surface area contributed by atoms with Gasteiger partial charge in [0, 0.05) is 0 Å². The molecule has 1 saturated heterocycles. The molecule has 2 rings (SSSR count). The van der Waals surface area contributed by atoms with Crippen LogP contribution < -0.4 is 5.32 Å². The van der Waals surface area contributed by atoms with E-state index in [1.165, 1.54) is 0 Å². The first-order chi connectivity index (χ1) is 7.25. The summed E-state index contributed by atoms with van der Waals surface area (Å²) in [6.45, 7) is 0. The molecule has 0 spiro atoms. The number of azo groups is 1. The number of thioether (sulfide) groups is 1. The lowest BCUT2D eigenvalue weighted by Crippen LogP contribution is -2.20. The van der Waals surface area contributed by atoms with Crippen molar-refractivity contribution in [3.8, 4) is 0 Å². The number of nitrogens with one attached hydrogen (secondary N) is 1. The molecule has 1 heterocycles. The number of thiocarbonyl (C=S) groups is 1. The summed E-state index contributed by atoms with van der Waals surface area (Å²) in [5.74, 6) is 0. The molecule has 1 aromatic rings. The summed E-state index contributed by atoms with van der Waals surface area (Å²) in [6.07, 6.45) is 0. The molecule has 1 atom stereocenters. The van der Waals surface area contributed by atoms with Gasteiger partial charge in [-0.05, 0) is 23.9 Å². The molecule has 0 radical (unpaired) electrons. The Bertz CT molecular complexity index is 419. The average molecular weight is 237 g/mol. The normalized spacial score (nSPS) is 20.9. The van der Waals surface area contributed by atoms with E-state index in [9.17, 15) is 4.79 Å². The van der Waals surface area contributed by atoms with Crippen LogP contribution in [0.3, 0.4) is 0 Å². The van der Waals surface area contributed by atoms with Crippen LogP contribution in [0.25, 0.3) is 0 Å². The summed E-state index contributed by atoms with van der Waals surface area (Å²) in [7, 11) is 0. The van der Waals surface area contributed by atoms with Gasteiger partial charge in [0.25, 0.3) is 5.24 Å². The van der Waals surface area contributed by atoms with E-state index in [1.807, 2.05) is 30.3 Å². The Labute approximate surface area is 96.2 Å². The van der Waals surface area contributed by atoms with Crippen molar-refractivity contribution in [3.63, 3.8) is 0 Å². The largest absolute Gasteiger partial charge is 0.308 e.